The Morgan fingerprint density at radius 1 is 1.31 bits per heavy atom. The van der Waals surface area contributed by atoms with E-state index < -0.39 is 0 Å². The second-order valence-corrected chi connectivity index (χ2v) is 7.09. The van der Waals surface area contributed by atoms with Crippen LogP contribution in [0.5, 0.6) is 0 Å². The van der Waals surface area contributed by atoms with Crippen LogP contribution in [0.15, 0.2) is 40.2 Å². The van der Waals surface area contributed by atoms with Gasteiger partial charge in [-0.25, -0.2) is 0 Å². The minimum Gasteiger partial charge on any atom is -0.294 e. The van der Waals surface area contributed by atoms with Gasteiger partial charge in [-0.05, 0) is 46.4 Å². The van der Waals surface area contributed by atoms with Crippen LogP contribution in [-0.2, 0) is 6.42 Å². The van der Waals surface area contributed by atoms with E-state index in [1.54, 1.807) is 11.3 Å². The molecule has 2 aromatic rings. The summed E-state index contributed by atoms with van der Waals surface area (Å²) in [5.41, 5.74) is 1.87. The third kappa shape index (κ3) is 3.15. The van der Waals surface area contributed by atoms with Crippen molar-refractivity contribution in [2.75, 3.05) is 0 Å². The number of halogens is 2. The SMILES string of the molecule is O=C(Cc1ccc(Br)cc1)c1csc(I)c1. The molecule has 0 saturated heterocycles. The topological polar surface area (TPSA) is 17.1 Å². The summed E-state index contributed by atoms with van der Waals surface area (Å²) in [4.78, 5) is 11.9. The van der Waals surface area contributed by atoms with E-state index in [0.29, 0.717) is 6.42 Å². The predicted molar refractivity (Wildman–Crippen MR) is 79.2 cm³/mol. The maximum atomic E-state index is 11.9. The number of carbonyl (C=O) groups is 1. The Hall–Kier alpha value is -0.200. The van der Waals surface area contributed by atoms with E-state index in [0.717, 1.165) is 18.5 Å². The highest BCUT2D eigenvalue weighted by Crippen LogP contribution is 2.19. The van der Waals surface area contributed by atoms with Gasteiger partial charge in [-0.2, -0.15) is 0 Å². The molecule has 1 nitrogen and oxygen atoms in total. The number of rotatable bonds is 3. The molecule has 4 heteroatoms. The molecule has 0 aliphatic rings. The maximum Gasteiger partial charge on any atom is 0.168 e. The van der Waals surface area contributed by atoms with Gasteiger partial charge in [-0.1, -0.05) is 28.1 Å². The minimum absolute atomic E-state index is 0.182. The maximum absolute atomic E-state index is 11.9. The minimum atomic E-state index is 0.182. The van der Waals surface area contributed by atoms with Crippen LogP contribution in [0.25, 0.3) is 0 Å². The van der Waals surface area contributed by atoms with Crippen molar-refractivity contribution in [1.29, 1.82) is 0 Å². The van der Waals surface area contributed by atoms with Gasteiger partial charge in [-0.15, -0.1) is 11.3 Å². The second kappa shape index (κ2) is 5.42. The lowest BCUT2D eigenvalue weighted by Crippen LogP contribution is -2.01. The standard InChI is InChI=1S/C12H8BrIOS/c13-10-3-1-8(2-4-10)5-11(15)9-6-12(14)16-7-9/h1-4,6-7H,5H2. The molecule has 0 radical (unpaired) electrons. The first-order chi connectivity index (χ1) is 7.65. The summed E-state index contributed by atoms with van der Waals surface area (Å²) >= 11 is 7.21. The van der Waals surface area contributed by atoms with Crippen LogP contribution in [-0.4, -0.2) is 5.78 Å². The van der Waals surface area contributed by atoms with Crippen LogP contribution < -0.4 is 0 Å². The fourth-order valence-electron chi connectivity index (χ4n) is 1.35. The number of benzene rings is 1. The molecule has 16 heavy (non-hydrogen) atoms. The molecule has 0 bridgehead atoms. The average Bonchev–Trinajstić information content (AvgIpc) is 2.68. The van der Waals surface area contributed by atoms with E-state index in [9.17, 15) is 4.79 Å². The number of Topliss-reactive ketones (excluding diaryl/α,β-unsaturated/α-hetero) is 1. The summed E-state index contributed by atoms with van der Waals surface area (Å²) in [7, 11) is 0. The van der Waals surface area contributed by atoms with E-state index in [4.69, 9.17) is 0 Å². The van der Waals surface area contributed by atoms with E-state index in [-0.39, 0.29) is 5.78 Å². The zero-order chi connectivity index (χ0) is 11.5. The van der Waals surface area contributed by atoms with Gasteiger partial charge < -0.3 is 0 Å². The summed E-state index contributed by atoms with van der Waals surface area (Å²) in [5, 5.41) is 1.92. The van der Waals surface area contributed by atoms with Crippen molar-refractivity contribution >= 4 is 55.6 Å². The smallest absolute Gasteiger partial charge is 0.168 e. The van der Waals surface area contributed by atoms with Crippen LogP contribution in [0.4, 0.5) is 0 Å². The summed E-state index contributed by atoms with van der Waals surface area (Å²) in [5.74, 6) is 0.182. The molecule has 82 valence electrons. The highest BCUT2D eigenvalue weighted by Gasteiger charge is 2.08. The summed E-state index contributed by atoms with van der Waals surface area (Å²) < 4.78 is 2.19. The average molecular weight is 407 g/mol. The lowest BCUT2D eigenvalue weighted by molar-refractivity contribution is 0.0993. The number of ketones is 1. The Balaban J connectivity index is 2.10. The van der Waals surface area contributed by atoms with Gasteiger partial charge in [0.05, 0.1) is 2.88 Å². The molecule has 1 aromatic heterocycles. The van der Waals surface area contributed by atoms with Crippen LogP contribution >= 0.6 is 49.9 Å². The molecular formula is C12H8BrIOS. The van der Waals surface area contributed by atoms with Crippen LogP contribution in [0.3, 0.4) is 0 Å². The number of hydrogen-bond donors (Lipinski definition) is 0. The normalized spacial score (nSPS) is 10.4. The third-order valence-electron chi connectivity index (χ3n) is 2.17. The van der Waals surface area contributed by atoms with Crippen molar-refractivity contribution in [1.82, 2.24) is 0 Å². The first-order valence-corrected chi connectivity index (χ1v) is 7.42. The Morgan fingerprint density at radius 3 is 2.56 bits per heavy atom. The number of hydrogen-bond acceptors (Lipinski definition) is 2. The Bertz CT molecular complexity index is 504. The molecule has 2 rings (SSSR count). The molecule has 0 amide bonds. The molecule has 0 aliphatic carbocycles. The Kier molecular flexibility index (Phi) is 4.16. The van der Waals surface area contributed by atoms with Crippen molar-refractivity contribution in [3.8, 4) is 0 Å². The first-order valence-electron chi connectivity index (χ1n) is 4.67. The van der Waals surface area contributed by atoms with Crippen LogP contribution in [0.1, 0.15) is 15.9 Å². The molecule has 0 saturated carbocycles. The third-order valence-corrected chi connectivity index (χ3v) is 4.49. The highest BCUT2D eigenvalue weighted by molar-refractivity contribution is 14.1. The fraction of sp³-hybridized carbons (Fsp3) is 0.0833. The highest BCUT2D eigenvalue weighted by atomic mass is 127. The summed E-state index contributed by atoms with van der Waals surface area (Å²) in [6.07, 6.45) is 0.472. The quantitative estimate of drug-likeness (QED) is 0.540. The van der Waals surface area contributed by atoms with E-state index in [1.807, 2.05) is 35.7 Å². The fourth-order valence-corrected chi connectivity index (χ4v) is 2.96. The lowest BCUT2D eigenvalue weighted by atomic mass is 10.1. The van der Waals surface area contributed by atoms with Gasteiger partial charge in [0.25, 0.3) is 0 Å². The molecular weight excluding hydrogens is 399 g/mol. The zero-order valence-corrected chi connectivity index (χ0v) is 12.8. The summed E-state index contributed by atoms with van der Waals surface area (Å²) in [6.45, 7) is 0. The Morgan fingerprint density at radius 2 is 2.00 bits per heavy atom. The van der Waals surface area contributed by atoms with Crippen molar-refractivity contribution in [3.05, 3.63) is 54.2 Å². The lowest BCUT2D eigenvalue weighted by Gasteiger charge is -1.99. The van der Waals surface area contributed by atoms with Gasteiger partial charge in [-0.3, -0.25) is 4.79 Å². The van der Waals surface area contributed by atoms with Gasteiger partial charge in [0.1, 0.15) is 0 Å². The van der Waals surface area contributed by atoms with Gasteiger partial charge in [0, 0.05) is 21.8 Å². The molecule has 0 aliphatic heterocycles. The van der Waals surface area contributed by atoms with E-state index >= 15 is 0 Å². The molecule has 0 spiro atoms. The van der Waals surface area contributed by atoms with Crippen molar-refractivity contribution < 1.29 is 4.79 Å². The predicted octanol–water partition coefficient (Wildman–Crippen LogP) is 4.54. The van der Waals surface area contributed by atoms with Gasteiger partial charge in [0.2, 0.25) is 0 Å². The first kappa shape index (κ1) is 12.3. The second-order valence-electron chi connectivity index (χ2n) is 3.37. The molecule has 0 atom stereocenters. The van der Waals surface area contributed by atoms with Crippen LogP contribution in [0.2, 0.25) is 0 Å². The molecule has 1 heterocycles. The van der Waals surface area contributed by atoms with Gasteiger partial charge >= 0.3 is 0 Å². The molecule has 0 fully saturated rings. The Labute approximate surface area is 120 Å². The van der Waals surface area contributed by atoms with Crippen molar-refractivity contribution in [2.24, 2.45) is 0 Å². The van der Waals surface area contributed by atoms with Crippen molar-refractivity contribution in [3.63, 3.8) is 0 Å². The van der Waals surface area contributed by atoms with Gasteiger partial charge in [0.15, 0.2) is 5.78 Å². The number of carbonyl (C=O) groups excluding carboxylic acids is 1. The zero-order valence-electron chi connectivity index (χ0n) is 8.24. The number of thiophene rings is 1. The summed E-state index contributed by atoms with van der Waals surface area (Å²) in [6, 6.07) is 9.80. The van der Waals surface area contributed by atoms with Crippen molar-refractivity contribution in [2.45, 2.75) is 6.42 Å². The largest absolute Gasteiger partial charge is 0.294 e. The molecule has 1 aromatic carbocycles. The van der Waals surface area contributed by atoms with E-state index in [1.165, 1.54) is 0 Å². The van der Waals surface area contributed by atoms with Crippen LogP contribution in [0, 0.1) is 2.88 Å². The molecule has 0 N–H and O–H groups in total. The molecule has 0 unspecified atom stereocenters. The van der Waals surface area contributed by atoms with E-state index in [2.05, 4.69) is 38.5 Å². The monoisotopic (exact) mass is 406 g/mol.